The molecule has 1 amide bonds. The predicted octanol–water partition coefficient (Wildman–Crippen LogP) is 4.16. The molecule has 4 aromatic rings. The van der Waals surface area contributed by atoms with Crippen LogP contribution >= 0.6 is 11.8 Å². The predicted molar refractivity (Wildman–Crippen MR) is 112 cm³/mol. The number of amides is 1. The molecule has 0 fully saturated rings. The van der Waals surface area contributed by atoms with E-state index in [1.807, 2.05) is 74.5 Å². The SMILES string of the molecule is Cc1cc(C)n(-c2ccc(SCC(=O)Nc3ccc4ccccc4c3)nn2)n1. The van der Waals surface area contributed by atoms with Gasteiger partial charge in [-0.05, 0) is 55.0 Å². The van der Waals surface area contributed by atoms with Gasteiger partial charge in [0.05, 0.1) is 11.4 Å². The number of carbonyl (C=O) groups is 1. The summed E-state index contributed by atoms with van der Waals surface area (Å²) in [5.41, 5.74) is 2.72. The van der Waals surface area contributed by atoms with Crippen molar-refractivity contribution in [3.63, 3.8) is 0 Å². The average Bonchev–Trinajstić information content (AvgIpc) is 3.05. The number of hydrogen-bond acceptors (Lipinski definition) is 5. The van der Waals surface area contributed by atoms with Crippen molar-refractivity contribution < 1.29 is 4.79 Å². The van der Waals surface area contributed by atoms with Gasteiger partial charge in [0.2, 0.25) is 5.91 Å². The van der Waals surface area contributed by atoms with Gasteiger partial charge in [-0.25, -0.2) is 4.68 Å². The standard InChI is InChI=1S/C21H19N5OS/c1-14-11-15(2)26(25-14)19-9-10-21(24-23-19)28-13-20(27)22-18-8-7-16-5-3-4-6-17(16)12-18/h3-12H,13H2,1-2H3,(H,22,27). The average molecular weight is 389 g/mol. The second kappa shape index (κ2) is 7.82. The number of benzene rings is 2. The summed E-state index contributed by atoms with van der Waals surface area (Å²) in [5.74, 6) is 0.848. The lowest BCUT2D eigenvalue weighted by Crippen LogP contribution is -2.14. The number of aryl methyl sites for hydroxylation is 2. The first kappa shape index (κ1) is 18.2. The molecule has 28 heavy (non-hydrogen) atoms. The Balaban J connectivity index is 1.37. The third-order valence-electron chi connectivity index (χ3n) is 4.24. The molecule has 2 heterocycles. The molecule has 4 rings (SSSR count). The van der Waals surface area contributed by atoms with E-state index in [0.29, 0.717) is 10.8 Å². The summed E-state index contributed by atoms with van der Waals surface area (Å²) in [7, 11) is 0. The van der Waals surface area contributed by atoms with E-state index < -0.39 is 0 Å². The Hall–Kier alpha value is -3.19. The smallest absolute Gasteiger partial charge is 0.234 e. The van der Waals surface area contributed by atoms with Crippen LogP contribution in [0.1, 0.15) is 11.4 Å². The van der Waals surface area contributed by atoms with Crippen molar-refractivity contribution in [1.82, 2.24) is 20.0 Å². The van der Waals surface area contributed by atoms with Gasteiger partial charge >= 0.3 is 0 Å². The van der Waals surface area contributed by atoms with E-state index in [9.17, 15) is 4.79 Å². The van der Waals surface area contributed by atoms with Crippen LogP contribution in [0.3, 0.4) is 0 Å². The first-order chi connectivity index (χ1) is 13.6. The van der Waals surface area contributed by atoms with Crippen molar-refractivity contribution in [3.8, 4) is 5.82 Å². The fraction of sp³-hybridized carbons (Fsp3) is 0.143. The summed E-state index contributed by atoms with van der Waals surface area (Å²) in [5, 5.41) is 18.7. The molecule has 7 heteroatoms. The van der Waals surface area contributed by atoms with E-state index in [1.54, 1.807) is 4.68 Å². The molecule has 2 aromatic heterocycles. The van der Waals surface area contributed by atoms with Gasteiger partial charge in [0.1, 0.15) is 5.03 Å². The molecule has 140 valence electrons. The van der Waals surface area contributed by atoms with Crippen LogP contribution in [0.25, 0.3) is 16.6 Å². The maximum Gasteiger partial charge on any atom is 0.234 e. The minimum atomic E-state index is -0.0790. The third-order valence-corrected chi connectivity index (χ3v) is 5.16. The van der Waals surface area contributed by atoms with Crippen molar-refractivity contribution in [1.29, 1.82) is 0 Å². The van der Waals surface area contributed by atoms with Crippen molar-refractivity contribution in [2.24, 2.45) is 0 Å². The minimum absolute atomic E-state index is 0.0790. The van der Waals surface area contributed by atoms with E-state index in [-0.39, 0.29) is 11.7 Å². The summed E-state index contributed by atoms with van der Waals surface area (Å²) < 4.78 is 1.75. The van der Waals surface area contributed by atoms with Gasteiger partial charge in [0.25, 0.3) is 0 Å². The molecule has 0 radical (unpaired) electrons. The number of hydrogen-bond donors (Lipinski definition) is 1. The molecular formula is C21H19N5OS. The molecule has 6 nitrogen and oxygen atoms in total. The number of rotatable bonds is 5. The Labute approximate surface area is 167 Å². The van der Waals surface area contributed by atoms with E-state index in [1.165, 1.54) is 11.8 Å². The number of carbonyl (C=O) groups excluding carboxylic acids is 1. The lowest BCUT2D eigenvalue weighted by atomic mass is 10.1. The molecule has 0 unspecified atom stereocenters. The third kappa shape index (κ3) is 4.04. The zero-order chi connectivity index (χ0) is 19.5. The van der Waals surface area contributed by atoms with Crippen molar-refractivity contribution in [2.45, 2.75) is 18.9 Å². The molecule has 0 atom stereocenters. The van der Waals surface area contributed by atoms with Crippen LogP contribution in [-0.2, 0) is 4.79 Å². The highest BCUT2D eigenvalue weighted by atomic mass is 32.2. The molecule has 0 bridgehead atoms. The quantitative estimate of drug-likeness (QED) is 0.519. The molecule has 2 aromatic carbocycles. The lowest BCUT2D eigenvalue weighted by Gasteiger charge is -2.07. The summed E-state index contributed by atoms with van der Waals surface area (Å²) in [6.45, 7) is 3.91. The molecular weight excluding hydrogens is 370 g/mol. The van der Waals surface area contributed by atoms with Gasteiger partial charge in [-0.2, -0.15) is 5.10 Å². The van der Waals surface area contributed by atoms with Crippen LogP contribution < -0.4 is 5.32 Å². The zero-order valence-electron chi connectivity index (χ0n) is 15.6. The molecule has 0 saturated carbocycles. The van der Waals surface area contributed by atoms with Crippen LogP contribution in [0.2, 0.25) is 0 Å². The summed E-state index contributed by atoms with van der Waals surface area (Å²) in [4.78, 5) is 12.3. The second-order valence-corrected chi connectivity index (χ2v) is 7.46. The maximum absolute atomic E-state index is 12.3. The number of anilines is 1. The Bertz CT molecular complexity index is 1140. The number of nitrogens with zero attached hydrogens (tertiary/aromatic N) is 4. The van der Waals surface area contributed by atoms with Crippen LogP contribution in [0.15, 0.2) is 65.7 Å². The molecule has 0 aliphatic rings. The van der Waals surface area contributed by atoms with Gasteiger partial charge in [-0.15, -0.1) is 10.2 Å². The van der Waals surface area contributed by atoms with Gasteiger partial charge in [-0.1, -0.05) is 42.1 Å². The molecule has 1 N–H and O–H groups in total. The Kier molecular flexibility index (Phi) is 5.08. The van der Waals surface area contributed by atoms with Gasteiger partial charge < -0.3 is 5.32 Å². The number of nitrogens with one attached hydrogen (secondary N) is 1. The lowest BCUT2D eigenvalue weighted by molar-refractivity contribution is -0.113. The fourth-order valence-corrected chi connectivity index (χ4v) is 3.58. The van der Waals surface area contributed by atoms with E-state index >= 15 is 0 Å². The Morgan fingerprint density at radius 1 is 1.00 bits per heavy atom. The number of thioether (sulfide) groups is 1. The topological polar surface area (TPSA) is 72.7 Å². The first-order valence-corrected chi connectivity index (χ1v) is 9.86. The summed E-state index contributed by atoms with van der Waals surface area (Å²) >= 11 is 1.35. The van der Waals surface area contributed by atoms with E-state index in [0.717, 1.165) is 27.8 Å². The zero-order valence-corrected chi connectivity index (χ0v) is 16.4. The Morgan fingerprint density at radius 3 is 2.54 bits per heavy atom. The highest BCUT2D eigenvalue weighted by molar-refractivity contribution is 7.99. The number of aromatic nitrogens is 4. The van der Waals surface area contributed by atoms with Crippen molar-refractivity contribution >= 4 is 34.1 Å². The van der Waals surface area contributed by atoms with Gasteiger partial charge in [-0.3, -0.25) is 4.79 Å². The number of fused-ring (bicyclic) bond motifs is 1. The van der Waals surface area contributed by atoms with Gasteiger partial charge in [0.15, 0.2) is 5.82 Å². The second-order valence-electron chi connectivity index (χ2n) is 6.47. The minimum Gasteiger partial charge on any atom is -0.325 e. The highest BCUT2D eigenvalue weighted by Crippen LogP contribution is 2.20. The summed E-state index contributed by atoms with van der Waals surface area (Å²) in [6.07, 6.45) is 0. The van der Waals surface area contributed by atoms with E-state index in [2.05, 4.69) is 20.6 Å². The monoisotopic (exact) mass is 389 g/mol. The first-order valence-electron chi connectivity index (χ1n) is 8.87. The molecule has 0 aliphatic heterocycles. The fourth-order valence-electron chi connectivity index (χ4n) is 2.97. The van der Waals surface area contributed by atoms with Gasteiger partial charge in [0, 0.05) is 11.4 Å². The highest BCUT2D eigenvalue weighted by Gasteiger charge is 2.08. The van der Waals surface area contributed by atoms with Crippen LogP contribution in [0.5, 0.6) is 0 Å². The maximum atomic E-state index is 12.3. The van der Waals surface area contributed by atoms with Crippen molar-refractivity contribution in [2.75, 3.05) is 11.1 Å². The molecule has 0 spiro atoms. The normalized spacial score (nSPS) is 10.9. The van der Waals surface area contributed by atoms with Crippen LogP contribution in [0.4, 0.5) is 5.69 Å². The Morgan fingerprint density at radius 2 is 1.82 bits per heavy atom. The largest absolute Gasteiger partial charge is 0.325 e. The molecule has 0 aliphatic carbocycles. The molecule has 0 saturated heterocycles. The van der Waals surface area contributed by atoms with Crippen LogP contribution in [-0.4, -0.2) is 31.6 Å². The summed E-state index contributed by atoms with van der Waals surface area (Å²) in [6, 6.07) is 19.6. The van der Waals surface area contributed by atoms with Crippen LogP contribution in [0, 0.1) is 13.8 Å². The van der Waals surface area contributed by atoms with Crippen molar-refractivity contribution in [3.05, 3.63) is 72.1 Å². The van der Waals surface area contributed by atoms with E-state index in [4.69, 9.17) is 0 Å².